The largest absolute Gasteiger partial charge is 0.480 e. The van der Waals surface area contributed by atoms with Crippen LogP contribution in [0.1, 0.15) is 20.8 Å². The monoisotopic (exact) mass is 233 g/mol. The minimum absolute atomic E-state index is 0.924. The summed E-state index contributed by atoms with van der Waals surface area (Å²) in [6.45, 7) is 3.75. The molecule has 3 unspecified atom stereocenters. The van der Waals surface area contributed by atoms with Crippen LogP contribution in [0.4, 0.5) is 0 Å². The van der Waals surface area contributed by atoms with Crippen molar-refractivity contribution in [2.24, 2.45) is 0 Å². The smallest absolute Gasteiger partial charge is 0.320 e. The van der Waals surface area contributed by atoms with Gasteiger partial charge in [-0.3, -0.25) is 19.3 Å². The molecular formula is C9H15NO6. The van der Waals surface area contributed by atoms with Crippen molar-refractivity contribution >= 4 is 17.9 Å². The fraction of sp³-hybridized carbons (Fsp3) is 0.667. The number of carbonyl (C=O) groups is 3. The first kappa shape index (κ1) is 14.4. The number of hydrogen-bond donors (Lipinski definition) is 3. The molecule has 7 nitrogen and oxygen atoms in total. The van der Waals surface area contributed by atoms with Crippen LogP contribution in [0, 0.1) is 0 Å². The second kappa shape index (κ2) is 5.45. The van der Waals surface area contributed by atoms with Gasteiger partial charge in [-0.1, -0.05) is 0 Å². The summed E-state index contributed by atoms with van der Waals surface area (Å²) in [5.41, 5.74) is 0. The molecule has 7 heteroatoms. The van der Waals surface area contributed by atoms with Crippen molar-refractivity contribution in [3.63, 3.8) is 0 Å². The van der Waals surface area contributed by atoms with E-state index in [9.17, 15) is 14.4 Å². The third-order valence-electron chi connectivity index (χ3n) is 2.41. The first-order chi connectivity index (χ1) is 7.20. The standard InChI is InChI=1S/C9H15NO6/c1-4(7(11)12)10(5(2)8(13)14)6(3)9(15)16/h4-6H,1-3H3,(H,11,12)(H,13,14)(H,15,16). The number of aliphatic carboxylic acids is 3. The van der Waals surface area contributed by atoms with Gasteiger partial charge >= 0.3 is 17.9 Å². The molecule has 0 radical (unpaired) electrons. The minimum atomic E-state index is -1.26. The molecule has 16 heavy (non-hydrogen) atoms. The summed E-state index contributed by atoms with van der Waals surface area (Å²) in [6.07, 6.45) is 0. The van der Waals surface area contributed by atoms with Gasteiger partial charge in [-0.2, -0.15) is 0 Å². The van der Waals surface area contributed by atoms with Crippen molar-refractivity contribution in [1.29, 1.82) is 0 Å². The van der Waals surface area contributed by atoms with Crippen LogP contribution in [-0.2, 0) is 14.4 Å². The maximum Gasteiger partial charge on any atom is 0.320 e. The quantitative estimate of drug-likeness (QED) is 0.577. The maximum absolute atomic E-state index is 10.8. The summed E-state index contributed by atoms with van der Waals surface area (Å²) in [5, 5.41) is 26.4. The van der Waals surface area contributed by atoms with Gasteiger partial charge in [-0.15, -0.1) is 0 Å². The molecule has 0 amide bonds. The average Bonchev–Trinajstić information content (AvgIpc) is 2.16. The first-order valence-electron chi connectivity index (χ1n) is 4.66. The lowest BCUT2D eigenvalue weighted by Gasteiger charge is -2.32. The summed E-state index contributed by atoms with van der Waals surface area (Å²) < 4.78 is 0. The van der Waals surface area contributed by atoms with Crippen molar-refractivity contribution in [3.05, 3.63) is 0 Å². The third kappa shape index (κ3) is 3.20. The van der Waals surface area contributed by atoms with E-state index < -0.39 is 36.0 Å². The number of rotatable bonds is 6. The minimum Gasteiger partial charge on any atom is -0.480 e. The topological polar surface area (TPSA) is 115 Å². The molecule has 0 saturated heterocycles. The third-order valence-corrected chi connectivity index (χ3v) is 2.41. The summed E-state index contributed by atoms with van der Waals surface area (Å²) >= 11 is 0. The first-order valence-corrected chi connectivity index (χ1v) is 4.66. The number of nitrogens with zero attached hydrogens (tertiary/aromatic N) is 1. The molecule has 3 atom stereocenters. The van der Waals surface area contributed by atoms with E-state index in [0.29, 0.717) is 0 Å². The van der Waals surface area contributed by atoms with Gasteiger partial charge in [0.05, 0.1) is 0 Å². The van der Waals surface area contributed by atoms with E-state index in [1.807, 2.05) is 0 Å². The van der Waals surface area contributed by atoms with Crippen LogP contribution < -0.4 is 0 Å². The Morgan fingerprint density at radius 2 is 0.938 bits per heavy atom. The summed E-state index contributed by atoms with van der Waals surface area (Å²) in [6, 6.07) is -3.55. The summed E-state index contributed by atoms with van der Waals surface area (Å²) in [7, 11) is 0. The fourth-order valence-corrected chi connectivity index (χ4v) is 1.39. The van der Waals surface area contributed by atoms with Crippen molar-refractivity contribution in [2.45, 2.75) is 38.9 Å². The number of hydrogen-bond acceptors (Lipinski definition) is 4. The van der Waals surface area contributed by atoms with E-state index in [4.69, 9.17) is 15.3 Å². The molecule has 92 valence electrons. The lowest BCUT2D eigenvalue weighted by molar-refractivity contribution is -0.156. The molecule has 0 aromatic rings. The molecule has 0 aromatic carbocycles. The Bertz CT molecular complexity index is 255. The van der Waals surface area contributed by atoms with Crippen molar-refractivity contribution in [2.75, 3.05) is 0 Å². The van der Waals surface area contributed by atoms with Gasteiger partial charge in [0, 0.05) is 0 Å². The maximum atomic E-state index is 10.8. The lowest BCUT2D eigenvalue weighted by Crippen LogP contribution is -2.54. The van der Waals surface area contributed by atoms with Crippen LogP contribution in [0.15, 0.2) is 0 Å². The molecule has 3 N–H and O–H groups in total. The molecule has 0 aliphatic rings. The Morgan fingerprint density at radius 1 is 0.750 bits per heavy atom. The van der Waals surface area contributed by atoms with Gasteiger partial charge in [-0.05, 0) is 20.8 Å². The Balaban J connectivity index is 5.12. The van der Waals surface area contributed by atoms with E-state index in [2.05, 4.69) is 0 Å². The van der Waals surface area contributed by atoms with Crippen LogP contribution >= 0.6 is 0 Å². The van der Waals surface area contributed by atoms with Crippen LogP contribution in [0.5, 0.6) is 0 Å². The predicted molar refractivity (Wildman–Crippen MR) is 53.1 cm³/mol. The van der Waals surface area contributed by atoms with Crippen LogP contribution in [0.25, 0.3) is 0 Å². The molecule has 0 aromatic heterocycles. The predicted octanol–water partition coefficient (Wildman–Crippen LogP) is -0.292. The van der Waals surface area contributed by atoms with E-state index >= 15 is 0 Å². The van der Waals surface area contributed by atoms with E-state index in [-0.39, 0.29) is 0 Å². The van der Waals surface area contributed by atoms with Gasteiger partial charge in [0.2, 0.25) is 0 Å². The average molecular weight is 233 g/mol. The highest BCUT2D eigenvalue weighted by Gasteiger charge is 2.36. The second-order valence-electron chi connectivity index (χ2n) is 3.49. The van der Waals surface area contributed by atoms with Crippen molar-refractivity contribution in [1.82, 2.24) is 4.90 Å². The van der Waals surface area contributed by atoms with Gasteiger partial charge in [-0.25, -0.2) is 0 Å². The summed E-state index contributed by atoms with van der Waals surface area (Å²) in [4.78, 5) is 33.2. The van der Waals surface area contributed by atoms with E-state index in [1.54, 1.807) is 0 Å². The van der Waals surface area contributed by atoms with Crippen LogP contribution in [-0.4, -0.2) is 56.3 Å². The normalized spacial score (nSPS) is 16.5. The summed E-state index contributed by atoms with van der Waals surface area (Å²) in [5.74, 6) is -3.79. The highest BCUT2D eigenvalue weighted by atomic mass is 16.4. The van der Waals surface area contributed by atoms with E-state index in [1.165, 1.54) is 20.8 Å². The zero-order valence-corrected chi connectivity index (χ0v) is 9.25. The molecular weight excluding hydrogens is 218 g/mol. The Hall–Kier alpha value is -1.63. The molecule has 0 bridgehead atoms. The fourth-order valence-electron chi connectivity index (χ4n) is 1.39. The number of carboxylic acids is 3. The van der Waals surface area contributed by atoms with Crippen LogP contribution in [0.3, 0.4) is 0 Å². The van der Waals surface area contributed by atoms with Crippen LogP contribution in [0.2, 0.25) is 0 Å². The van der Waals surface area contributed by atoms with Gasteiger partial charge < -0.3 is 15.3 Å². The molecule has 0 rings (SSSR count). The number of carboxylic acid groups (broad SMARTS) is 3. The Morgan fingerprint density at radius 3 is 1.06 bits per heavy atom. The Kier molecular flexibility index (Phi) is 4.90. The molecule has 0 fully saturated rings. The van der Waals surface area contributed by atoms with Gasteiger partial charge in [0.15, 0.2) is 0 Å². The second-order valence-corrected chi connectivity index (χ2v) is 3.49. The lowest BCUT2D eigenvalue weighted by atomic mass is 10.1. The molecule has 0 aliphatic heterocycles. The molecule has 0 spiro atoms. The Labute approximate surface area is 92.3 Å². The molecule has 0 aliphatic carbocycles. The molecule has 0 saturated carbocycles. The highest BCUT2D eigenvalue weighted by Crippen LogP contribution is 2.12. The van der Waals surface area contributed by atoms with Crippen molar-refractivity contribution < 1.29 is 29.7 Å². The van der Waals surface area contributed by atoms with E-state index in [0.717, 1.165) is 4.90 Å². The SMILES string of the molecule is CC(C(=O)O)N(C(C)C(=O)O)C(C)C(=O)O. The zero-order valence-electron chi connectivity index (χ0n) is 9.25. The van der Waals surface area contributed by atoms with Crippen molar-refractivity contribution in [3.8, 4) is 0 Å². The van der Waals surface area contributed by atoms with Gasteiger partial charge in [0.1, 0.15) is 18.1 Å². The zero-order chi connectivity index (χ0) is 13.0. The highest BCUT2D eigenvalue weighted by molar-refractivity contribution is 5.80. The molecule has 0 heterocycles. The van der Waals surface area contributed by atoms with Gasteiger partial charge in [0.25, 0.3) is 0 Å².